The van der Waals surface area contributed by atoms with Crippen LogP contribution in [0.4, 0.5) is 6.01 Å². The lowest BCUT2D eigenvalue weighted by molar-refractivity contribution is -0.121. The van der Waals surface area contributed by atoms with Crippen molar-refractivity contribution < 1.29 is 9.32 Å². The Labute approximate surface area is 94.8 Å². The highest BCUT2D eigenvalue weighted by atomic mass is 16.5. The van der Waals surface area contributed by atoms with E-state index in [0.29, 0.717) is 24.8 Å². The summed E-state index contributed by atoms with van der Waals surface area (Å²) in [4.78, 5) is 15.4. The van der Waals surface area contributed by atoms with Crippen LogP contribution in [0.3, 0.4) is 0 Å². The zero-order valence-electron chi connectivity index (χ0n) is 9.91. The van der Waals surface area contributed by atoms with Crippen LogP contribution < -0.4 is 10.6 Å². The third-order valence-corrected chi connectivity index (χ3v) is 2.18. The van der Waals surface area contributed by atoms with Crippen molar-refractivity contribution in [2.45, 2.75) is 39.7 Å². The predicted octanol–water partition coefficient (Wildman–Crippen LogP) is 1.09. The summed E-state index contributed by atoms with van der Waals surface area (Å²) < 4.78 is 4.84. The Morgan fingerprint density at radius 1 is 1.56 bits per heavy atom. The van der Waals surface area contributed by atoms with Gasteiger partial charge in [-0.05, 0) is 20.3 Å². The number of nitrogens with one attached hydrogen (secondary N) is 2. The van der Waals surface area contributed by atoms with E-state index in [1.807, 2.05) is 13.8 Å². The summed E-state index contributed by atoms with van der Waals surface area (Å²) >= 11 is 0. The van der Waals surface area contributed by atoms with Gasteiger partial charge in [0.1, 0.15) is 0 Å². The summed E-state index contributed by atoms with van der Waals surface area (Å²) in [5.74, 6) is 0.602. The largest absolute Gasteiger partial charge is 0.354 e. The zero-order chi connectivity index (χ0) is 12.0. The van der Waals surface area contributed by atoms with Crippen molar-refractivity contribution in [1.82, 2.24) is 15.5 Å². The number of carbonyl (C=O) groups excluding carboxylic acids is 1. The van der Waals surface area contributed by atoms with Gasteiger partial charge in [-0.25, -0.2) is 0 Å². The standard InChI is InChI=1S/C10H18N4O2/c1-4-7(2)12-9(15)5-6-11-10-13-8(3)14-16-10/h7H,4-6H2,1-3H3,(H,12,15)(H,11,13,14). The Bertz CT molecular complexity index is 337. The molecule has 1 atom stereocenters. The van der Waals surface area contributed by atoms with Gasteiger partial charge in [0.15, 0.2) is 5.82 Å². The maximum atomic E-state index is 11.4. The molecular weight excluding hydrogens is 208 g/mol. The highest BCUT2D eigenvalue weighted by Gasteiger charge is 2.06. The van der Waals surface area contributed by atoms with Crippen molar-refractivity contribution in [3.63, 3.8) is 0 Å². The van der Waals surface area contributed by atoms with E-state index in [-0.39, 0.29) is 11.9 Å². The van der Waals surface area contributed by atoms with Gasteiger partial charge in [-0.1, -0.05) is 12.1 Å². The molecule has 0 spiro atoms. The minimum atomic E-state index is 0.0260. The number of hydrogen-bond donors (Lipinski definition) is 2. The van der Waals surface area contributed by atoms with Gasteiger partial charge in [-0.3, -0.25) is 4.79 Å². The zero-order valence-corrected chi connectivity index (χ0v) is 9.91. The second-order valence-electron chi connectivity index (χ2n) is 3.70. The molecule has 6 nitrogen and oxygen atoms in total. The lowest BCUT2D eigenvalue weighted by atomic mass is 10.2. The fraction of sp³-hybridized carbons (Fsp3) is 0.700. The maximum Gasteiger partial charge on any atom is 0.321 e. The van der Waals surface area contributed by atoms with E-state index in [0.717, 1.165) is 6.42 Å². The van der Waals surface area contributed by atoms with E-state index in [4.69, 9.17) is 4.52 Å². The van der Waals surface area contributed by atoms with E-state index in [1.54, 1.807) is 6.92 Å². The molecule has 0 bridgehead atoms. The summed E-state index contributed by atoms with van der Waals surface area (Å²) in [5.41, 5.74) is 0. The van der Waals surface area contributed by atoms with Crippen molar-refractivity contribution in [2.24, 2.45) is 0 Å². The highest BCUT2D eigenvalue weighted by molar-refractivity contribution is 5.76. The molecule has 6 heteroatoms. The molecule has 0 saturated carbocycles. The first kappa shape index (κ1) is 12.5. The molecule has 0 aliphatic rings. The quantitative estimate of drug-likeness (QED) is 0.759. The maximum absolute atomic E-state index is 11.4. The van der Waals surface area contributed by atoms with Gasteiger partial charge < -0.3 is 15.2 Å². The summed E-state index contributed by atoms with van der Waals surface area (Å²) in [6, 6.07) is 0.576. The number of nitrogens with zero attached hydrogens (tertiary/aromatic N) is 2. The Balaban J connectivity index is 2.18. The smallest absolute Gasteiger partial charge is 0.321 e. The molecule has 0 aliphatic heterocycles. The lowest BCUT2D eigenvalue weighted by Crippen LogP contribution is -2.32. The first-order valence-electron chi connectivity index (χ1n) is 5.45. The number of aromatic nitrogens is 2. The third kappa shape index (κ3) is 4.29. The van der Waals surface area contributed by atoms with E-state index >= 15 is 0 Å². The molecular formula is C10H18N4O2. The third-order valence-electron chi connectivity index (χ3n) is 2.18. The van der Waals surface area contributed by atoms with Crippen LogP contribution in [0.1, 0.15) is 32.5 Å². The van der Waals surface area contributed by atoms with Crippen molar-refractivity contribution in [3.05, 3.63) is 5.82 Å². The van der Waals surface area contributed by atoms with Crippen LogP contribution in [0.2, 0.25) is 0 Å². The molecule has 0 fully saturated rings. The molecule has 0 radical (unpaired) electrons. The van der Waals surface area contributed by atoms with Crippen LogP contribution in [-0.4, -0.2) is 28.6 Å². The van der Waals surface area contributed by atoms with E-state index in [2.05, 4.69) is 20.8 Å². The van der Waals surface area contributed by atoms with Crippen molar-refractivity contribution >= 4 is 11.9 Å². The van der Waals surface area contributed by atoms with E-state index in [9.17, 15) is 4.79 Å². The number of amides is 1. The molecule has 1 rings (SSSR count). The molecule has 1 aromatic rings. The molecule has 2 N–H and O–H groups in total. The Hall–Kier alpha value is -1.59. The number of carbonyl (C=O) groups is 1. The summed E-state index contributed by atoms with van der Waals surface area (Å²) in [6.07, 6.45) is 1.33. The second-order valence-corrected chi connectivity index (χ2v) is 3.70. The van der Waals surface area contributed by atoms with Gasteiger partial charge in [0.05, 0.1) is 0 Å². The molecule has 16 heavy (non-hydrogen) atoms. The normalized spacial score (nSPS) is 12.2. The van der Waals surface area contributed by atoms with Crippen molar-refractivity contribution in [3.8, 4) is 0 Å². The topological polar surface area (TPSA) is 80.0 Å². The number of aryl methyl sites for hydroxylation is 1. The van der Waals surface area contributed by atoms with Gasteiger partial charge in [0.25, 0.3) is 0 Å². The molecule has 1 unspecified atom stereocenters. The Morgan fingerprint density at radius 3 is 2.88 bits per heavy atom. The van der Waals surface area contributed by atoms with Crippen LogP contribution in [-0.2, 0) is 4.79 Å². The minimum Gasteiger partial charge on any atom is -0.354 e. The van der Waals surface area contributed by atoms with Gasteiger partial charge in [0, 0.05) is 19.0 Å². The molecule has 1 aromatic heterocycles. The fourth-order valence-electron chi connectivity index (χ4n) is 1.10. The van der Waals surface area contributed by atoms with Crippen LogP contribution in [0.15, 0.2) is 4.52 Å². The fourth-order valence-corrected chi connectivity index (χ4v) is 1.10. The van der Waals surface area contributed by atoms with E-state index < -0.39 is 0 Å². The van der Waals surface area contributed by atoms with Crippen LogP contribution >= 0.6 is 0 Å². The van der Waals surface area contributed by atoms with E-state index in [1.165, 1.54) is 0 Å². The average Bonchev–Trinajstić information content (AvgIpc) is 2.64. The van der Waals surface area contributed by atoms with Crippen molar-refractivity contribution in [1.29, 1.82) is 0 Å². The van der Waals surface area contributed by atoms with Crippen molar-refractivity contribution in [2.75, 3.05) is 11.9 Å². The molecule has 0 aromatic carbocycles. The number of anilines is 1. The SMILES string of the molecule is CCC(C)NC(=O)CCNc1nc(C)no1. The first-order chi connectivity index (χ1) is 7.61. The molecule has 1 amide bonds. The number of hydrogen-bond acceptors (Lipinski definition) is 5. The Kier molecular flexibility index (Phi) is 4.75. The summed E-state index contributed by atoms with van der Waals surface area (Å²) in [6.45, 7) is 6.24. The Morgan fingerprint density at radius 2 is 2.31 bits per heavy atom. The highest BCUT2D eigenvalue weighted by Crippen LogP contribution is 2.01. The lowest BCUT2D eigenvalue weighted by Gasteiger charge is -2.10. The molecule has 1 heterocycles. The molecule has 0 aliphatic carbocycles. The molecule has 90 valence electrons. The first-order valence-corrected chi connectivity index (χ1v) is 5.45. The van der Waals surface area contributed by atoms with Gasteiger partial charge in [0.2, 0.25) is 5.91 Å². The monoisotopic (exact) mass is 226 g/mol. The average molecular weight is 226 g/mol. The minimum absolute atomic E-state index is 0.0260. The van der Waals surface area contributed by atoms with Crippen LogP contribution in [0, 0.1) is 6.92 Å². The van der Waals surface area contributed by atoms with Gasteiger partial charge in [-0.2, -0.15) is 4.98 Å². The predicted molar refractivity (Wildman–Crippen MR) is 60.0 cm³/mol. The summed E-state index contributed by atoms with van der Waals surface area (Å²) in [7, 11) is 0. The molecule has 0 saturated heterocycles. The van der Waals surface area contributed by atoms with Crippen LogP contribution in [0.25, 0.3) is 0 Å². The summed E-state index contributed by atoms with van der Waals surface area (Å²) in [5, 5.41) is 9.39. The second kappa shape index (κ2) is 6.09. The van der Waals surface area contributed by atoms with Gasteiger partial charge >= 0.3 is 6.01 Å². The van der Waals surface area contributed by atoms with Gasteiger partial charge in [-0.15, -0.1) is 0 Å². The van der Waals surface area contributed by atoms with Crippen LogP contribution in [0.5, 0.6) is 0 Å². The number of rotatable bonds is 6.